The second-order valence-electron chi connectivity index (χ2n) is 21.8. The Morgan fingerprint density at radius 1 is 0.583 bits per heavy atom. The average molecular weight is 1030 g/mol. The molecule has 0 radical (unpaired) electrons. The van der Waals surface area contributed by atoms with E-state index in [4.69, 9.17) is 42.6 Å². The lowest BCUT2D eigenvalue weighted by Gasteiger charge is -2.56. The highest BCUT2D eigenvalue weighted by atomic mass is 35.5. The number of carbonyl (C=O) groups is 2. The first-order chi connectivity index (χ1) is 35.0. The summed E-state index contributed by atoms with van der Waals surface area (Å²) in [5, 5.41) is 7.33. The molecule has 2 aromatic heterocycles. The number of halogens is 5. The van der Waals surface area contributed by atoms with Crippen LogP contribution in [0.5, 0.6) is 0 Å². The molecule has 2 N–H and O–H groups in total. The molecule has 0 saturated heterocycles. The predicted octanol–water partition coefficient (Wildman–Crippen LogP) is 13.9. The summed E-state index contributed by atoms with van der Waals surface area (Å²) in [6.45, 7) is 0. The molecule has 0 spiro atoms. The van der Waals surface area contributed by atoms with Gasteiger partial charge in [0.25, 0.3) is 5.91 Å². The molecule has 4 atom stereocenters. The molecule has 10 rings (SSSR count). The minimum Gasteiger partial charge on any atom is -0.373 e. The molecule has 0 bridgehead atoms. The minimum absolute atomic E-state index is 0.0689. The molecule has 5 aromatic rings. The number of hydrogen-bond donors (Lipinski definition) is 2. The fraction of sp³-hybridized carbons (Fsp3) is 0.614. The van der Waals surface area contributed by atoms with E-state index in [0.29, 0.717) is 66.3 Å². The number of fused-ring (bicyclic) bond motifs is 2. The van der Waals surface area contributed by atoms with Crippen molar-refractivity contribution in [3.05, 3.63) is 93.2 Å². The van der Waals surface area contributed by atoms with E-state index in [1.165, 1.54) is 12.1 Å². The maximum Gasteiger partial charge on any atom is 0.254 e. The molecule has 4 unspecified atom stereocenters. The van der Waals surface area contributed by atoms with Crippen molar-refractivity contribution in [1.82, 2.24) is 29.7 Å². The van der Waals surface area contributed by atoms with Crippen molar-refractivity contribution in [3.63, 3.8) is 0 Å². The molecule has 2 heterocycles. The normalized spacial score (nSPS) is 21.9. The van der Waals surface area contributed by atoms with E-state index in [1.54, 1.807) is 32.4 Å². The molecule has 2 amide bonds. The smallest absolute Gasteiger partial charge is 0.254 e. The molecular weight excluding hydrogens is 961 g/mol. The monoisotopic (exact) mass is 1030 g/mol. The quantitative estimate of drug-likeness (QED) is 0.108. The van der Waals surface area contributed by atoms with Gasteiger partial charge < -0.3 is 29.2 Å². The second kappa shape index (κ2) is 22.0. The van der Waals surface area contributed by atoms with Gasteiger partial charge in [0.15, 0.2) is 22.7 Å². The average Bonchev–Trinajstić information content (AvgIpc) is 4.13. The number of nitrogens with one attached hydrogen (secondary N) is 2. The number of nitrogens with zero attached hydrogens (tertiary/aromatic N) is 4. The third-order valence-electron chi connectivity index (χ3n) is 17.6. The van der Waals surface area contributed by atoms with Gasteiger partial charge in [-0.2, -0.15) is 0 Å². The van der Waals surface area contributed by atoms with Crippen molar-refractivity contribution in [2.24, 2.45) is 17.8 Å². The van der Waals surface area contributed by atoms with E-state index in [2.05, 4.69) is 10.6 Å². The van der Waals surface area contributed by atoms with E-state index >= 15 is 22.8 Å². The van der Waals surface area contributed by atoms with E-state index < -0.39 is 58.5 Å². The Balaban J connectivity index is 1.46. The largest absolute Gasteiger partial charge is 0.373 e. The molecule has 72 heavy (non-hydrogen) atoms. The van der Waals surface area contributed by atoms with Crippen LogP contribution in [-0.4, -0.2) is 57.2 Å². The van der Waals surface area contributed by atoms with Crippen LogP contribution < -0.4 is 10.6 Å². The third-order valence-corrected chi connectivity index (χ3v) is 18.1. The molecule has 15 heteroatoms. The Morgan fingerprint density at radius 2 is 1.04 bits per heavy atom. The van der Waals surface area contributed by atoms with Crippen molar-refractivity contribution in [3.8, 4) is 0 Å². The van der Waals surface area contributed by atoms with Gasteiger partial charge in [-0.3, -0.25) is 9.59 Å². The van der Waals surface area contributed by atoms with Crippen LogP contribution in [0.15, 0.2) is 48.5 Å². The van der Waals surface area contributed by atoms with Gasteiger partial charge in [-0.05, 0) is 106 Å². The lowest BCUT2D eigenvalue weighted by Crippen LogP contribution is -2.74. The standard InChI is InChI=1S/C57H71Cl2F3N6O4/c1-71-50(35-18-7-3-8-19-35)52-65-46-32-43(60)42(59)31-48(46)67(52)57(38-24-17-25-39(58)30-38,55(70)64-41-28-15-16-29-41)56(37-22-11-5-12-23-37,54(69)63-40-26-13-6-14-27-40)68-49-34-45(62)44(61)33-47(49)66-53(68)51(72-2)36-20-9-4-10-21-36/h17,24-25,30-37,40-41,50-51H,3-16,18-23,26-29H2,1-2H3,(H,63,69)(H,64,70). The summed E-state index contributed by atoms with van der Waals surface area (Å²) in [5.41, 5.74) is -3.26. The van der Waals surface area contributed by atoms with Gasteiger partial charge in [-0.15, -0.1) is 0 Å². The highest BCUT2D eigenvalue weighted by molar-refractivity contribution is 6.31. The summed E-state index contributed by atoms with van der Waals surface area (Å²) in [4.78, 5) is 46.0. The van der Waals surface area contributed by atoms with Crippen LogP contribution in [0.1, 0.15) is 184 Å². The topological polar surface area (TPSA) is 112 Å². The van der Waals surface area contributed by atoms with Crippen molar-refractivity contribution >= 4 is 57.1 Å². The predicted molar refractivity (Wildman–Crippen MR) is 275 cm³/mol. The SMILES string of the molecule is COC(c1nc2cc(F)c(Cl)cc2n1C(C(=O)NC1CCCC1)(c1cccc(Cl)c1)C(C(=O)NC1CCCCC1)(C1CCCCC1)n1c(C(OC)C2CCCCC2)nc2cc(F)c(F)cc21)C1CCCCC1. The number of amides is 2. The summed E-state index contributed by atoms with van der Waals surface area (Å²) in [7, 11) is 3.28. The number of ether oxygens (including phenoxy) is 2. The molecule has 5 saturated carbocycles. The first kappa shape index (κ1) is 51.3. The highest BCUT2D eigenvalue weighted by Crippen LogP contribution is 2.58. The summed E-state index contributed by atoms with van der Waals surface area (Å²) >= 11 is 14.2. The van der Waals surface area contributed by atoms with Crippen molar-refractivity contribution in [1.29, 1.82) is 0 Å². The maximum atomic E-state index is 17.7. The molecule has 10 nitrogen and oxygen atoms in total. The maximum absolute atomic E-state index is 17.7. The Morgan fingerprint density at radius 3 is 1.58 bits per heavy atom. The van der Waals surface area contributed by atoms with Crippen LogP contribution >= 0.6 is 23.2 Å². The molecule has 0 aliphatic heterocycles. The van der Waals surface area contributed by atoms with Crippen molar-refractivity contribution in [2.45, 2.75) is 189 Å². The summed E-state index contributed by atoms with van der Waals surface area (Å²) in [6.07, 6.45) is 18.4. The van der Waals surface area contributed by atoms with E-state index in [-0.39, 0.29) is 45.5 Å². The molecular formula is C57H71Cl2F3N6O4. The Labute approximate surface area is 431 Å². The summed E-state index contributed by atoms with van der Waals surface area (Å²) in [6, 6.07) is 11.7. The molecule has 5 fully saturated rings. The number of aromatic nitrogens is 4. The fourth-order valence-corrected chi connectivity index (χ4v) is 14.7. The van der Waals surface area contributed by atoms with Gasteiger partial charge in [0.2, 0.25) is 5.91 Å². The summed E-state index contributed by atoms with van der Waals surface area (Å²) < 4.78 is 65.9. The van der Waals surface area contributed by atoms with Crippen molar-refractivity contribution < 1.29 is 32.2 Å². The van der Waals surface area contributed by atoms with E-state index in [1.807, 2.05) is 15.2 Å². The van der Waals surface area contributed by atoms with Gasteiger partial charge in [0.1, 0.15) is 29.7 Å². The Hall–Kier alpha value is -4.17. The lowest BCUT2D eigenvalue weighted by molar-refractivity contribution is -0.154. The second-order valence-corrected chi connectivity index (χ2v) is 22.7. The van der Waals surface area contributed by atoms with Crippen LogP contribution in [0.2, 0.25) is 10.0 Å². The van der Waals surface area contributed by atoms with Gasteiger partial charge >= 0.3 is 0 Å². The van der Waals surface area contributed by atoms with Gasteiger partial charge in [-0.25, -0.2) is 23.1 Å². The molecule has 5 aliphatic rings. The van der Waals surface area contributed by atoms with Gasteiger partial charge in [0, 0.05) is 49.5 Å². The number of benzene rings is 3. The first-order valence-electron chi connectivity index (χ1n) is 27.2. The third kappa shape index (κ3) is 9.16. The molecule has 388 valence electrons. The number of methoxy groups -OCH3 is 2. The molecule has 3 aromatic carbocycles. The Kier molecular flexibility index (Phi) is 15.7. The van der Waals surface area contributed by atoms with E-state index in [9.17, 15) is 0 Å². The zero-order chi connectivity index (χ0) is 50.1. The van der Waals surface area contributed by atoms with Gasteiger partial charge in [0.05, 0.1) is 27.1 Å². The number of hydrogen-bond acceptors (Lipinski definition) is 6. The fourth-order valence-electron chi connectivity index (χ4n) is 14.3. The van der Waals surface area contributed by atoms with Gasteiger partial charge in [-0.1, -0.05) is 125 Å². The van der Waals surface area contributed by atoms with Crippen LogP contribution in [0.25, 0.3) is 22.1 Å². The van der Waals surface area contributed by atoms with E-state index in [0.717, 1.165) is 128 Å². The highest BCUT2D eigenvalue weighted by Gasteiger charge is 2.70. The van der Waals surface area contributed by atoms with Crippen LogP contribution in [0.3, 0.4) is 0 Å². The number of carbonyl (C=O) groups excluding carboxylic acids is 2. The first-order valence-corrected chi connectivity index (χ1v) is 28.0. The molecule has 5 aliphatic carbocycles. The van der Waals surface area contributed by atoms with Crippen LogP contribution in [-0.2, 0) is 30.1 Å². The number of rotatable bonds is 15. The zero-order valence-corrected chi connectivity index (χ0v) is 43.5. The zero-order valence-electron chi connectivity index (χ0n) is 41.9. The van der Waals surface area contributed by atoms with Crippen LogP contribution in [0, 0.1) is 35.2 Å². The minimum atomic E-state index is -2.27. The number of imidazole rings is 2. The van der Waals surface area contributed by atoms with Crippen molar-refractivity contribution in [2.75, 3.05) is 14.2 Å². The van der Waals surface area contributed by atoms with Crippen LogP contribution in [0.4, 0.5) is 13.2 Å². The Bertz CT molecular complexity index is 2740. The lowest BCUT2D eigenvalue weighted by atomic mass is 9.59. The summed E-state index contributed by atoms with van der Waals surface area (Å²) in [5.74, 6) is -4.07.